The van der Waals surface area contributed by atoms with Gasteiger partial charge in [0.15, 0.2) is 0 Å². The van der Waals surface area contributed by atoms with E-state index in [1.54, 1.807) is 12.1 Å². The Morgan fingerprint density at radius 1 is 1.35 bits per heavy atom. The van der Waals surface area contributed by atoms with E-state index in [-0.39, 0.29) is 11.9 Å². The average Bonchev–Trinajstić information content (AvgIpc) is 2.27. The molecule has 1 atom stereocenters. The van der Waals surface area contributed by atoms with Gasteiger partial charge in [-0.1, -0.05) is 25.4 Å². The van der Waals surface area contributed by atoms with E-state index < -0.39 is 0 Å². The fraction of sp³-hybridized carbons (Fsp3) is 0.538. The van der Waals surface area contributed by atoms with Crippen molar-refractivity contribution in [2.75, 3.05) is 0 Å². The van der Waals surface area contributed by atoms with E-state index in [4.69, 9.17) is 11.6 Å². The van der Waals surface area contributed by atoms with Gasteiger partial charge in [-0.05, 0) is 37.8 Å². The Morgan fingerprint density at radius 3 is 2.59 bits per heavy atom. The number of pyridine rings is 1. The van der Waals surface area contributed by atoms with Gasteiger partial charge in [-0.2, -0.15) is 0 Å². The Morgan fingerprint density at radius 2 is 2.06 bits per heavy atom. The Bertz CT molecular complexity index is 362. The van der Waals surface area contributed by atoms with Crippen LogP contribution in [0.2, 0.25) is 5.15 Å². The van der Waals surface area contributed by atoms with Crippen LogP contribution in [-0.2, 0) is 0 Å². The highest BCUT2D eigenvalue weighted by Crippen LogP contribution is 2.08. The summed E-state index contributed by atoms with van der Waals surface area (Å²) in [6.45, 7) is 6.37. The van der Waals surface area contributed by atoms with E-state index in [2.05, 4.69) is 24.1 Å². The first kappa shape index (κ1) is 14.0. The first-order chi connectivity index (χ1) is 7.99. The first-order valence-electron chi connectivity index (χ1n) is 5.91. The predicted octanol–water partition coefficient (Wildman–Crippen LogP) is 3.29. The van der Waals surface area contributed by atoms with Gasteiger partial charge in [-0.3, -0.25) is 4.79 Å². The highest BCUT2D eigenvalue weighted by atomic mass is 35.5. The number of carbonyl (C=O) groups excluding carboxylic acids is 1. The van der Waals surface area contributed by atoms with Crippen molar-refractivity contribution in [3.63, 3.8) is 0 Å². The van der Waals surface area contributed by atoms with Gasteiger partial charge >= 0.3 is 0 Å². The summed E-state index contributed by atoms with van der Waals surface area (Å²) < 4.78 is 0. The van der Waals surface area contributed by atoms with Gasteiger partial charge < -0.3 is 5.32 Å². The molecule has 4 heteroatoms. The van der Waals surface area contributed by atoms with Crippen molar-refractivity contribution >= 4 is 17.5 Å². The van der Waals surface area contributed by atoms with E-state index in [0.717, 1.165) is 12.8 Å². The molecule has 0 fully saturated rings. The van der Waals surface area contributed by atoms with Crippen LogP contribution in [0, 0.1) is 5.92 Å². The lowest BCUT2D eigenvalue weighted by Gasteiger charge is -2.14. The molecule has 1 amide bonds. The second-order valence-electron chi connectivity index (χ2n) is 4.72. The van der Waals surface area contributed by atoms with Gasteiger partial charge in [-0.15, -0.1) is 0 Å². The molecule has 94 valence electrons. The van der Waals surface area contributed by atoms with Crippen LogP contribution >= 0.6 is 11.6 Å². The topological polar surface area (TPSA) is 42.0 Å². The van der Waals surface area contributed by atoms with Crippen LogP contribution in [-0.4, -0.2) is 16.9 Å². The van der Waals surface area contributed by atoms with Crippen LogP contribution in [0.25, 0.3) is 0 Å². The zero-order valence-corrected chi connectivity index (χ0v) is 11.3. The number of halogens is 1. The molecule has 17 heavy (non-hydrogen) atoms. The standard InChI is InChI=1S/C13H19ClN2O/c1-9(2)4-5-10(3)16-13(17)11-6-7-12(14)15-8-11/h6-10H,4-5H2,1-3H3,(H,16,17). The number of carbonyl (C=O) groups is 1. The number of nitrogens with zero attached hydrogens (tertiary/aromatic N) is 1. The third-order valence-corrected chi connectivity index (χ3v) is 2.77. The van der Waals surface area contributed by atoms with Crippen LogP contribution in [0.3, 0.4) is 0 Å². The number of nitrogens with one attached hydrogen (secondary N) is 1. The van der Waals surface area contributed by atoms with Crippen molar-refractivity contribution in [1.29, 1.82) is 0 Å². The van der Waals surface area contributed by atoms with Gasteiger partial charge in [-0.25, -0.2) is 4.98 Å². The molecule has 1 unspecified atom stereocenters. The van der Waals surface area contributed by atoms with Crippen LogP contribution in [0.15, 0.2) is 18.3 Å². The van der Waals surface area contributed by atoms with Crippen molar-refractivity contribution in [2.24, 2.45) is 5.92 Å². The SMILES string of the molecule is CC(C)CCC(C)NC(=O)c1ccc(Cl)nc1. The predicted molar refractivity (Wildman–Crippen MR) is 70.2 cm³/mol. The maximum absolute atomic E-state index is 11.8. The number of amides is 1. The summed E-state index contributed by atoms with van der Waals surface area (Å²) in [4.78, 5) is 15.7. The molecule has 0 aromatic carbocycles. The van der Waals surface area contributed by atoms with Gasteiger partial charge in [0.05, 0.1) is 5.56 Å². The van der Waals surface area contributed by atoms with E-state index in [1.165, 1.54) is 6.20 Å². The molecule has 0 radical (unpaired) electrons. The summed E-state index contributed by atoms with van der Waals surface area (Å²) in [5, 5.41) is 3.35. The number of rotatable bonds is 5. The maximum atomic E-state index is 11.8. The summed E-state index contributed by atoms with van der Waals surface area (Å²) >= 11 is 5.66. The molecule has 0 aliphatic carbocycles. The molecule has 1 rings (SSSR count). The van der Waals surface area contributed by atoms with E-state index in [9.17, 15) is 4.79 Å². The third-order valence-electron chi connectivity index (χ3n) is 2.54. The van der Waals surface area contributed by atoms with Crippen molar-refractivity contribution < 1.29 is 4.79 Å². The third kappa shape index (κ3) is 5.18. The summed E-state index contributed by atoms with van der Waals surface area (Å²) in [5.41, 5.74) is 0.547. The van der Waals surface area contributed by atoms with Crippen molar-refractivity contribution in [3.8, 4) is 0 Å². The van der Waals surface area contributed by atoms with E-state index >= 15 is 0 Å². The fourth-order valence-electron chi connectivity index (χ4n) is 1.47. The molecule has 0 saturated heterocycles. The lowest BCUT2D eigenvalue weighted by atomic mass is 10.0. The fourth-order valence-corrected chi connectivity index (χ4v) is 1.58. The lowest BCUT2D eigenvalue weighted by Crippen LogP contribution is -2.32. The van der Waals surface area contributed by atoms with Gasteiger partial charge in [0, 0.05) is 12.2 Å². The molecule has 0 aliphatic rings. The number of hydrogen-bond donors (Lipinski definition) is 1. The quantitative estimate of drug-likeness (QED) is 0.820. The van der Waals surface area contributed by atoms with Gasteiger partial charge in [0.25, 0.3) is 5.91 Å². The van der Waals surface area contributed by atoms with Gasteiger partial charge in [0.1, 0.15) is 5.15 Å². The van der Waals surface area contributed by atoms with E-state index in [1.807, 2.05) is 6.92 Å². The van der Waals surface area contributed by atoms with Crippen LogP contribution in [0.4, 0.5) is 0 Å². The molecule has 0 spiro atoms. The second kappa shape index (κ2) is 6.60. The lowest BCUT2D eigenvalue weighted by molar-refractivity contribution is 0.0937. The molecule has 3 nitrogen and oxygen atoms in total. The molecular weight excluding hydrogens is 236 g/mol. The van der Waals surface area contributed by atoms with Crippen molar-refractivity contribution in [3.05, 3.63) is 29.0 Å². The van der Waals surface area contributed by atoms with Crippen molar-refractivity contribution in [1.82, 2.24) is 10.3 Å². The largest absolute Gasteiger partial charge is 0.350 e. The minimum atomic E-state index is -0.0922. The highest BCUT2D eigenvalue weighted by Gasteiger charge is 2.10. The monoisotopic (exact) mass is 254 g/mol. The van der Waals surface area contributed by atoms with Gasteiger partial charge in [0.2, 0.25) is 0 Å². The Labute approximate surface area is 108 Å². The molecule has 0 bridgehead atoms. The average molecular weight is 255 g/mol. The minimum absolute atomic E-state index is 0.0922. The molecule has 1 N–H and O–H groups in total. The molecule has 0 aliphatic heterocycles. The first-order valence-corrected chi connectivity index (χ1v) is 6.29. The maximum Gasteiger partial charge on any atom is 0.253 e. The zero-order chi connectivity index (χ0) is 12.8. The molecule has 0 saturated carbocycles. The summed E-state index contributed by atoms with van der Waals surface area (Å²) in [6, 6.07) is 3.48. The highest BCUT2D eigenvalue weighted by molar-refractivity contribution is 6.29. The smallest absolute Gasteiger partial charge is 0.253 e. The molecular formula is C13H19ClN2O. The number of aromatic nitrogens is 1. The Balaban J connectivity index is 2.46. The summed E-state index contributed by atoms with van der Waals surface area (Å²) in [6.07, 6.45) is 3.59. The molecule has 1 aromatic rings. The Kier molecular flexibility index (Phi) is 5.42. The summed E-state index contributed by atoms with van der Waals surface area (Å²) in [7, 11) is 0. The second-order valence-corrected chi connectivity index (χ2v) is 5.10. The normalized spacial score (nSPS) is 12.5. The van der Waals surface area contributed by atoms with Crippen molar-refractivity contribution in [2.45, 2.75) is 39.7 Å². The Hall–Kier alpha value is -1.09. The molecule has 1 aromatic heterocycles. The van der Waals surface area contributed by atoms with Crippen LogP contribution in [0.5, 0.6) is 0 Å². The molecule has 1 heterocycles. The van der Waals surface area contributed by atoms with Crippen LogP contribution < -0.4 is 5.32 Å². The van der Waals surface area contributed by atoms with Crippen LogP contribution in [0.1, 0.15) is 44.0 Å². The number of hydrogen-bond acceptors (Lipinski definition) is 2. The zero-order valence-electron chi connectivity index (χ0n) is 10.5. The summed E-state index contributed by atoms with van der Waals surface area (Å²) in [5.74, 6) is 0.567. The minimum Gasteiger partial charge on any atom is -0.350 e. The van der Waals surface area contributed by atoms with E-state index in [0.29, 0.717) is 16.6 Å².